The van der Waals surface area contributed by atoms with Gasteiger partial charge in [0.25, 0.3) is 0 Å². The summed E-state index contributed by atoms with van der Waals surface area (Å²) >= 11 is 0. The normalized spacial score (nSPS) is 12.5. The van der Waals surface area contributed by atoms with Gasteiger partial charge in [-0.1, -0.05) is 23.8 Å². The van der Waals surface area contributed by atoms with Gasteiger partial charge in [0.15, 0.2) is 11.6 Å². The summed E-state index contributed by atoms with van der Waals surface area (Å²) in [6.45, 7) is 1.75. The van der Waals surface area contributed by atoms with Gasteiger partial charge in [0.2, 0.25) is 0 Å². The van der Waals surface area contributed by atoms with E-state index in [-0.39, 0.29) is 11.1 Å². The number of hydrogen-bond acceptors (Lipinski definition) is 1. The maximum Gasteiger partial charge on any atom is 0.159 e. The van der Waals surface area contributed by atoms with Gasteiger partial charge in [0.05, 0.1) is 0 Å². The molecule has 1 nitrogen and oxygen atoms in total. The van der Waals surface area contributed by atoms with Crippen LogP contribution < -0.4 is 0 Å². The van der Waals surface area contributed by atoms with Crippen LogP contribution in [0.3, 0.4) is 0 Å². The summed E-state index contributed by atoms with van der Waals surface area (Å²) in [6.07, 6.45) is -1.32. The molecule has 0 fully saturated rings. The van der Waals surface area contributed by atoms with E-state index in [1.165, 1.54) is 18.2 Å². The Morgan fingerprint density at radius 1 is 0.889 bits per heavy atom. The highest BCUT2D eigenvalue weighted by Crippen LogP contribution is 2.26. The molecule has 0 amide bonds. The molecule has 0 aliphatic carbocycles. The molecule has 2 aromatic carbocycles. The van der Waals surface area contributed by atoms with Gasteiger partial charge in [0, 0.05) is 5.56 Å². The molecule has 18 heavy (non-hydrogen) atoms. The van der Waals surface area contributed by atoms with Crippen LogP contribution in [0.5, 0.6) is 0 Å². The maximum absolute atomic E-state index is 13.6. The highest BCUT2D eigenvalue weighted by atomic mass is 19.2. The Morgan fingerprint density at radius 3 is 2.22 bits per heavy atom. The van der Waals surface area contributed by atoms with Crippen LogP contribution in [0.1, 0.15) is 22.8 Å². The van der Waals surface area contributed by atoms with E-state index in [0.29, 0.717) is 0 Å². The van der Waals surface area contributed by atoms with Crippen LogP contribution in [-0.4, -0.2) is 5.11 Å². The molecule has 0 aromatic heterocycles. The molecule has 0 heterocycles. The molecular weight excluding hydrogens is 241 g/mol. The lowest BCUT2D eigenvalue weighted by atomic mass is 9.99. The van der Waals surface area contributed by atoms with Crippen LogP contribution in [0.2, 0.25) is 0 Å². The molecular formula is C14H11F3O. The van der Waals surface area contributed by atoms with Gasteiger partial charge >= 0.3 is 0 Å². The fourth-order valence-corrected chi connectivity index (χ4v) is 1.73. The summed E-state index contributed by atoms with van der Waals surface area (Å²) in [7, 11) is 0. The zero-order valence-electron chi connectivity index (χ0n) is 9.62. The average molecular weight is 252 g/mol. The number of halogens is 3. The first-order valence-electron chi connectivity index (χ1n) is 5.38. The molecule has 1 N–H and O–H groups in total. The van der Waals surface area contributed by atoms with E-state index in [9.17, 15) is 18.3 Å². The van der Waals surface area contributed by atoms with Crippen molar-refractivity contribution in [2.24, 2.45) is 0 Å². The van der Waals surface area contributed by atoms with E-state index in [1.807, 2.05) is 0 Å². The smallest absolute Gasteiger partial charge is 0.159 e. The summed E-state index contributed by atoms with van der Waals surface area (Å²) in [5.74, 6) is -2.66. The molecule has 0 spiro atoms. The maximum atomic E-state index is 13.6. The Labute approximate surface area is 103 Å². The standard InChI is InChI=1S/C14H11F3O/c1-8-2-4-11(15)10(6-8)14(18)9-3-5-12(16)13(17)7-9/h2-7,14,18H,1H3. The lowest BCUT2D eigenvalue weighted by Gasteiger charge is -2.13. The Bertz CT molecular complexity index is 581. The van der Waals surface area contributed by atoms with Crippen molar-refractivity contribution in [1.29, 1.82) is 0 Å². The third kappa shape index (κ3) is 2.38. The predicted octanol–water partition coefficient (Wildman–Crippen LogP) is 3.49. The van der Waals surface area contributed by atoms with Crippen molar-refractivity contribution < 1.29 is 18.3 Å². The van der Waals surface area contributed by atoms with Crippen molar-refractivity contribution in [3.05, 3.63) is 70.5 Å². The fraction of sp³-hybridized carbons (Fsp3) is 0.143. The van der Waals surface area contributed by atoms with E-state index >= 15 is 0 Å². The second kappa shape index (κ2) is 4.82. The van der Waals surface area contributed by atoms with Crippen molar-refractivity contribution in [2.75, 3.05) is 0 Å². The molecule has 1 atom stereocenters. The molecule has 94 valence electrons. The SMILES string of the molecule is Cc1ccc(F)c(C(O)c2ccc(F)c(F)c2)c1. The van der Waals surface area contributed by atoms with Gasteiger partial charge in [-0.05, 0) is 30.7 Å². The van der Waals surface area contributed by atoms with Crippen molar-refractivity contribution in [3.63, 3.8) is 0 Å². The first kappa shape index (κ1) is 12.6. The van der Waals surface area contributed by atoms with Gasteiger partial charge in [-0.25, -0.2) is 13.2 Å². The summed E-state index contributed by atoms with van der Waals surface area (Å²) in [5.41, 5.74) is 0.924. The van der Waals surface area contributed by atoms with Crippen molar-refractivity contribution in [1.82, 2.24) is 0 Å². The molecule has 1 unspecified atom stereocenters. The van der Waals surface area contributed by atoms with E-state index < -0.39 is 23.6 Å². The van der Waals surface area contributed by atoms with Gasteiger partial charge < -0.3 is 5.11 Å². The zero-order valence-corrected chi connectivity index (χ0v) is 9.62. The second-order valence-corrected chi connectivity index (χ2v) is 4.10. The monoisotopic (exact) mass is 252 g/mol. The van der Waals surface area contributed by atoms with Gasteiger partial charge in [0.1, 0.15) is 11.9 Å². The highest BCUT2D eigenvalue weighted by molar-refractivity contribution is 5.33. The molecule has 0 radical (unpaired) electrons. The third-order valence-electron chi connectivity index (χ3n) is 2.71. The molecule has 0 aliphatic heterocycles. The van der Waals surface area contributed by atoms with Crippen LogP contribution in [0.25, 0.3) is 0 Å². The minimum atomic E-state index is -1.32. The predicted molar refractivity (Wildman–Crippen MR) is 61.6 cm³/mol. The summed E-state index contributed by atoms with van der Waals surface area (Å²) < 4.78 is 39.4. The van der Waals surface area contributed by atoms with Crippen molar-refractivity contribution in [3.8, 4) is 0 Å². The van der Waals surface area contributed by atoms with Crippen molar-refractivity contribution in [2.45, 2.75) is 13.0 Å². The number of aliphatic hydroxyl groups excluding tert-OH is 1. The molecule has 0 aliphatic rings. The quantitative estimate of drug-likeness (QED) is 0.867. The van der Waals surface area contributed by atoms with E-state index in [1.54, 1.807) is 13.0 Å². The van der Waals surface area contributed by atoms with Gasteiger partial charge in [-0.15, -0.1) is 0 Å². The third-order valence-corrected chi connectivity index (χ3v) is 2.71. The number of aryl methyl sites for hydroxylation is 1. The van der Waals surface area contributed by atoms with Gasteiger partial charge in [-0.3, -0.25) is 0 Å². The van der Waals surface area contributed by atoms with E-state index in [4.69, 9.17) is 0 Å². The van der Waals surface area contributed by atoms with E-state index in [2.05, 4.69) is 0 Å². The summed E-state index contributed by atoms with van der Waals surface area (Å²) in [5, 5.41) is 9.98. The van der Waals surface area contributed by atoms with Crippen LogP contribution in [-0.2, 0) is 0 Å². The Hall–Kier alpha value is -1.81. The van der Waals surface area contributed by atoms with Crippen LogP contribution in [0, 0.1) is 24.4 Å². The molecule has 0 saturated carbocycles. The minimum Gasteiger partial charge on any atom is -0.384 e. The fourth-order valence-electron chi connectivity index (χ4n) is 1.73. The summed E-state index contributed by atoms with van der Waals surface area (Å²) in [6, 6.07) is 7.26. The average Bonchev–Trinajstić information content (AvgIpc) is 2.35. The molecule has 2 rings (SSSR count). The largest absolute Gasteiger partial charge is 0.384 e. The zero-order chi connectivity index (χ0) is 13.3. The molecule has 0 saturated heterocycles. The van der Waals surface area contributed by atoms with Crippen molar-refractivity contribution >= 4 is 0 Å². The highest BCUT2D eigenvalue weighted by Gasteiger charge is 2.16. The van der Waals surface area contributed by atoms with Gasteiger partial charge in [-0.2, -0.15) is 0 Å². The minimum absolute atomic E-state index is 0.0426. The van der Waals surface area contributed by atoms with Crippen LogP contribution in [0.15, 0.2) is 36.4 Å². The Balaban J connectivity index is 2.44. The summed E-state index contributed by atoms with van der Waals surface area (Å²) in [4.78, 5) is 0. The lowest BCUT2D eigenvalue weighted by molar-refractivity contribution is 0.214. The van der Waals surface area contributed by atoms with Crippen LogP contribution >= 0.6 is 0 Å². The number of benzene rings is 2. The van der Waals surface area contributed by atoms with Crippen LogP contribution in [0.4, 0.5) is 13.2 Å². The molecule has 4 heteroatoms. The van der Waals surface area contributed by atoms with E-state index in [0.717, 1.165) is 17.7 Å². The first-order valence-corrected chi connectivity index (χ1v) is 5.38. The number of rotatable bonds is 2. The topological polar surface area (TPSA) is 20.2 Å². The first-order chi connectivity index (χ1) is 8.49. The number of aliphatic hydroxyl groups is 1. The second-order valence-electron chi connectivity index (χ2n) is 4.10. The number of hydrogen-bond donors (Lipinski definition) is 1. The molecule has 0 bridgehead atoms. The Kier molecular flexibility index (Phi) is 3.39. The lowest BCUT2D eigenvalue weighted by Crippen LogP contribution is -2.04. The molecule has 2 aromatic rings. The Morgan fingerprint density at radius 2 is 1.56 bits per heavy atom.